The van der Waals surface area contributed by atoms with E-state index in [0.717, 1.165) is 11.1 Å². The average molecular weight is 460 g/mol. The summed E-state index contributed by atoms with van der Waals surface area (Å²) in [4.78, 5) is 11.9. The molecule has 1 heterocycles. The van der Waals surface area contributed by atoms with E-state index in [1.54, 1.807) is 6.07 Å². The maximum absolute atomic E-state index is 11.9. The second-order valence-electron chi connectivity index (χ2n) is 7.03. The molecule has 1 amide bonds. The largest absolute Gasteiger partial charge is 0.490 e. The second-order valence-corrected chi connectivity index (χ2v) is 7.44. The topological polar surface area (TPSA) is 125 Å². The van der Waals surface area contributed by atoms with Crippen LogP contribution in [0.15, 0.2) is 41.0 Å². The summed E-state index contributed by atoms with van der Waals surface area (Å²) in [5, 5.41) is 13.3. The number of aryl methyl sites for hydroxylation is 1. The normalized spacial score (nSPS) is 10.7. The lowest BCUT2D eigenvalue weighted by Gasteiger charge is -2.15. The first kappa shape index (κ1) is 23.4. The maximum Gasteiger partial charge on any atom is 0.277 e. The molecule has 0 saturated heterocycles. The summed E-state index contributed by atoms with van der Waals surface area (Å²) in [5.41, 5.74) is 8.56. The minimum absolute atomic E-state index is 0.0318. The highest BCUT2D eigenvalue weighted by atomic mass is 35.5. The van der Waals surface area contributed by atoms with E-state index in [1.165, 1.54) is 5.56 Å². The van der Waals surface area contributed by atoms with Crippen LogP contribution in [0.5, 0.6) is 11.5 Å². The molecule has 10 heteroatoms. The Morgan fingerprint density at radius 1 is 1.16 bits per heavy atom. The van der Waals surface area contributed by atoms with E-state index in [1.807, 2.05) is 38.1 Å². The van der Waals surface area contributed by atoms with Crippen molar-refractivity contribution in [3.63, 3.8) is 0 Å². The number of rotatable bonds is 11. The standard InChI is InChI=1S/C22H26ClN5O4/c1-3-30-18-10-16(12-25-7-8-26-22(29)20-21(24)28-32-27-20)17(23)11-19(18)31-13-15-6-4-5-14(2)9-15/h4-6,9-11,25H,3,7-8,12-13H2,1-2H3,(H2,24,28)(H,26,29). The highest BCUT2D eigenvalue weighted by Crippen LogP contribution is 2.34. The lowest BCUT2D eigenvalue weighted by molar-refractivity contribution is 0.0944. The number of anilines is 1. The van der Waals surface area contributed by atoms with Gasteiger partial charge >= 0.3 is 0 Å². The molecular weight excluding hydrogens is 434 g/mol. The van der Waals surface area contributed by atoms with Crippen molar-refractivity contribution < 1.29 is 18.9 Å². The fourth-order valence-electron chi connectivity index (χ4n) is 2.98. The SMILES string of the molecule is CCOc1cc(CNCCNC(=O)c2nonc2N)c(Cl)cc1OCc1cccc(C)c1. The summed E-state index contributed by atoms with van der Waals surface area (Å²) in [6, 6.07) is 11.8. The van der Waals surface area contributed by atoms with Gasteiger partial charge in [0.2, 0.25) is 11.5 Å². The van der Waals surface area contributed by atoms with E-state index in [-0.39, 0.29) is 11.5 Å². The van der Waals surface area contributed by atoms with Gasteiger partial charge in [-0.25, -0.2) is 4.63 Å². The summed E-state index contributed by atoms with van der Waals surface area (Å²) in [5.74, 6) is 0.726. The molecule has 170 valence electrons. The van der Waals surface area contributed by atoms with Gasteiger partial charge in [0.25, 0.3) is 5.91 Å². The number of nitrogen functional groups attached to an aromatic ring is 1. The zero-order valence-electron chi connectivity index (χ0n) is 18.0. The third kappa shape index (κ3) is 6.35. The van der Waals surface area contributed by atoms with Crippen molar-refractivity contribution in [3.8, 4) is 11.5 Å². The van der Waals surface area contributed by atoms with Gasteiger partial charge in [-0.05, 0) is 41.4 Å². The van der Waals surface area contributed by atoms with E-state index in [0.29, 0.717) is 49.4 Å². The summed E-state index contributed by atoms with van der Waals surface area (Å²) in [6.07, 6.45) is 0. The molecule has 2 aromatic carbocycles. The summed E-state index contributed by atoms with van der Waals surface area (Å²) >= 11 is 6.47. The van der Waals surface area contributed by atoms with Crippen LogP contribution in [-0.4, -0.2) is 35.9 Å². The number of hydrogen-bond acceptors (Lipinski definition) is 8. The second kappa shape index (κ2) is 11.4. The fraction of sp³-hybridized carbons (Fsp3) is 0.318. The minimum Gasteiger partial charge on any atom is -0.490 e. The first-order valence-electron chi connectivity index (χ1n) is 10.2. The number of aromatic nitrogens is 2. The van der Waals surface area contributed by atoms with Crippen molar-refractivity contribution in [1.29, 1.82) is 0 Å². The number of nitrogens with zero attached hydrogens (tertiary/aromatic N) is 2. The van der Waals surface area contributed by atoms with Crippen LogP contribution in [-0.2, 0) is 13.2 Å². The van der Waals surface area contributed by atoms with Gasteiger partial charge < -0.3 is 25.8 Å². The summed E-state index contributed by atoms with van der Waals surface area (Å²) < 4.78 is 16.1. The molecule has 0 unspecified atom stereocenters. The molecule has 0 fully saturated rings. The average Bonchev–Trinajstić information content (AvgIpc) is 3.20. The number of benzene rings is 2. The highest BCUT2D eigenvalue weighted by Gasteiger charge is 2.15. The van der Waals surface area contributed by atoms with Crippen molar-refractivity contribution in [1.82, 2.24) is 20.9 Å². The van der Waals surface area contributed by atoms with Gasteiger partial charge in [-0.1, -0.05) is 41.4 Å². The molecule has 3 aromatic rings. The van der Waals surface area contributed by atoms with Crippen molar-refractivity contribution in [2.75, 3.05) is 25.4 Å². The Bertz CT molecular complexity index is 1060. The Kier molecular flexibility index (Phi) is 8.29. The van der Waals surface area contributed by atoms with Crippen LogP contribution < -0.4 is 25.8 Å². The number of ether oxygens (including phenoxy) is 2. The molecule has 0 atom stereocenters. The third-order valence-corrected chi connectivity index (χ3v) is 4.87. The Morgan fingerprint density at radius 3 is 2.69 bits per heavy atom. The molecule has 9 nitrogen and oxygen atoms in total. The molecular formula is C22H26ClN5O4. The molecule has 0 bridgehead atoms. The van der Waals surface area contributed by atoms with E-state index >= 15 is 0 Å². The number of hydrogen-bond donors (Lipinski definition) is 3. The molecule has 0 spiro atoms. The number of carbonyl (C=O) groups is 1. The number of halogens is 1. The lowest BCUT2D eigenvalue weighted by atomic mass is 10.1. The maximum atomic E-state index is 11.9. The van der Waals surface area contributed by atoms with Crippen LogP contribution in [0.3, 0.4) is 0 Å². The van der Waals surface area contributed by atoms with Crippen LogP contribution in [0.1, 0.15) is 34.1 Å². The van der Waals surface area contributed by atoms with Crippen LogP contribution in [0, 0.1) is 6.92 Å². The molecule has 3 rings (SSSR count). The molecule has 32 heavy (non-hydrogen) atoms. The Hall–Kier alpha value is -3.30. The van der Waals surface area contributed by atoms with Crippen LogP contribution >= 0.6 is 11.6 Å². The van der Waals surface area contributed by atoms with Gasteiger partial charge in [-0.15, -0.1) is 0 Å². The molecule has 0 aliphatic rings. The van der Waals surface area contributed by atoms with Crippen molar-refractivity contribution >= 4 is 23.3 Å². The number of nitrogens with one attached hydrogen (secondary N) is 2. The molecule has 0 aliphatic heterocycles. The van der Waals surface area contributed by atoms with Crippen molar-refractivity contribution in [3.05, 3.63) is 63.8 Å². The van der Waals surface area contributed by atoms with Gasteiger partial charge in [-0.3, -0.25) is 4.79 Å². The van der Waals surface area contributed by atoms with E-state index in [9.17, 15) is 4.79 Å². The quantitative estimate of drug-likeness (QED) is 0.373. The van der Waals surface area contributed by atoms with Crippen LogP contribution in [0.25, 0.3) is 0 Å². The van der Waals surface area contributed by atoms with E-state index in [4.69, 9.17) is 26.8 Å². The lowest BCUT2D eigenvalue weighted by Crippen LogP contribution is -2.32. The van der Waals surface area contributed by atoms with Gasteiger partial charge in [0.15, 0.2) is 11.5 Å². The zero-order valence-corrected chi connectivity index (χ0v) is 18.7. The minimum atomic E-state index is -0.447. The smallest absolute Gasteiger partial charge is 0.277 e. The third-order valence-electron chi connectivity index (χ3n) is 4.52. The molecule has 0 aliphatic carbocycles. The molecule has 0 saturated carbocycles. The van der Waals surface area contributed by atoms with Crippen molar-refractivity contribution in [2.45, 2.75) is 27.0 Å². The predicted octanol–water partition coefficient (Wildman–Crippen LogP) is 3.11. The number of amides is 1. The molecule has 4 N–H and O–H groups in total. The van der Waals surface area contributed by atoms with Crippen LogP contribution in [0.2, 0.25) is 5.02 Å². The Labute approximate surface area is 191 Å². The zero-order chi connectivity index (χ0) is 22.9. The van der Waals surface area contributed by atoms with E-state index in [2.05, 4.69) is 31.6 Å². The fourth-order valence-corrected chi connectivity index (χ4v) is 3.20. The predicted molar refractivity (Wildman–Crippen MR) is 121 cm³/mol. The number of nitrogens with two attached hydrogens (primary N) is 1. The summed E-state index contributed by atoms with van der Waals surface area (Å²) in [6.45, 7) is 6.22. The first-order chi connectivity index (χ1) is 15.5. The van der Waals surface area contributed by atoms with Crippen LogP contribution in [0.4, 0.5) is 5.82 Å². The molecule has 1 aromatic heterocycles. The van der Waals surface area contributed by atoms with Gasteiger partial charge in [0.05, 0.1) is 6.61 Å². The van der Waals surface area contributed by atoms with Gasteiger partial charge in [0.1, 0.15) is 6.61 Å². The molecule has 0 radical (unpaired) electrons. The number of carbonyl (C=O) groups excluding carboxylic acids is 1. The Morgan fingerprint density at radius 2 is 1.97 bits per heavy atom. The monoisotopic (exact) mass is 459 g/mol. The van der Waals surface area contributed by atoms with E-state index < -0.39 is 5.91 Å². The Balaban J connectivity index is 1.54. The summed E-state index contributed by atoms with van der Waals surface area (Å²) in [7, 11) is 0. The van der Waals surface area contributed by atoms with Crippen molar-refractivity contribution in [2.24, 2.45) is 0 Å². The van der Waals surface area contributed by atoms with Gasteiger partial charge in [0, 0.05) is 30.7 Å². The van der Waals surface area contributed by atoms with Gasteiger partial charge in [-0.2, -0.15) is 0 Å². The highest BCUT2D eigenvalue weighted by molar-refractivity contribution is 6.31. The first-order valence-corrected chi connectivity index (χ1v) is 10.6.